The minimum Gasteiger partial charge on any atom is -0.354 e. The Balaban J connectivity index is 2.32. The number of hydrogen-bond donors (Lipinski definition) is 2. The molecule has 1 amide bonds. The van der Waals surface area contributed by atoms with E-state index in [1.807, 2.05) is 36.4 Å². The fourth-order valence-corrected chi connectivity index (χ4v) is 1.45. The number of nitrogens with one attached hydrogen (secondary N) is 2. The molecular weight excluding hydrogens is 188 g/mol. The molecule has 2 aromatic rings. The maximum atomic E-state index is 11.3. The van der Waals surface area contributed by atoms with Crippen LogP contribution in [0.1, 0.15) is 10.5 Å². The van der Waals surface area contributed by atoms with Gasteiger partial charge in [0.2, 0.25) is 0 Å². The lowest BCUT2D eigenvalue weighted by Gasteiger charge is -1.97. The van der Waals surface area contributed by atoms with E-state index in [1.54, 1.807) is 13.1 Å². The monoisotopic (exact) mass is 200 g/mol. The van der Waals surface area contributed by atoms with Crippen molar-refractivity contribution in [1.82, 2.24) is 10.3 Å². The largest absolute Gasteiger partial charge is 0.354 e. The SMILES string of the molecule is CNC(=O)c1ccc(-c2ccccc2)[nH]1. The number of aromatic nitrogens is 1. The molecule has 0 unspecified atom stereocenters. The molecule has 3 heteroatoms. The van der Waals surface area contributed by atoms with Gasteiger partial charge >= 0.3 is 0 Å². The zero-order valence-electron chi connectivity index (χ0n) is 8.45. The van der Waals surface area contributed by atoms with Crippen molar-refractivity contribution in [1.29, 1.82) is 0 Å². The first-order valence-electron chi connectivity index (χ1n) is 4.78. The van der Waals surface area contributed by atoms with E-state index in [2.05, 4.69) is 10.3 Å². The predicted octanol–water partition coefficient (Wildman–Crippen LogP) is 2.04. The lowest BCUT2D eigenvalue weighted by atomic mass is 10.2. The molecule has 3 nitrogen and oxygen atoms in total. The van der Waals surface area contributed by atoms with Crippen LogP contribution in [0.4, 0.5) is 0 Å². The molecule has 0 radical (unpaired) electrons. The number of H-pyrrole nitrogens is 1. The molecule has 1 aromatic heterocycles. The van der Waals surface area contributed by atoms with Gasteiger partial charge in [-0.05, 0) is 17.7 Å². The number of amides is 1. The lowest BCUT2D eigenvalue weighted by Crippen LogP contribution is -2.17. The molecule has 0 atom stereocenters. The number of benzene rings is 1. The maximum absolute atomic E-state index is 11.3. The van der Waals surface area contributed by atoms with Crippen LogP contribution in [0, 0.1) is 0 Å². The van der Waals surface area contributed by atoms with E-state index in [4.69, 9.17) is 0 Å². The van der Waals surface area contributed by atoms with E-state index in [0.29, 0.717) is 5.69 Å². The molecule has 0 bridgehead atoms. The molecule has 2 rings (SSSR count). The first-order chi connectivity index (χ1) is 7.31. The van der Waals surface area contributed by atoms with Crippen molar-refractivity contribution in [3.05, 3.63) is 48.2 Å². The highest BCUT2D eigenvalue weighted by Crippen LogP contribution is 2.17. The minimum atomic E-state index is -0.0998. The Morgan fingerprint density at radius 2 is 1.87 bits per heavy atom. The number of hydrogen-bond acceptors (Lipinski definition) is 1. The van der Waals surface area contributed by atoms with E-state index < -0.39 is 0 Å². The zero-order valence-corrected chi connectivity index (χ0v) is 8.45. The van der Waals surface area contributed by atoms with Crippen LogP contribution < -0.4 is 5.32 Å². The Bertz CT molecular complexity index is 459. The highest BCUT2D eigenvalue weighted by molar-refractivity contribution is 5.93. The van der Waals surface area contributed by atoms with Crippen molar-refractivity contribution in [3.8, 4) is 11.3 Å². The average Bonchev–Trinajstić information content (AvgIpc) is 2.78. The van der Waals surface area contributed by atoms with Gasteiger partial charge in [-0.2, -0.15) is 0 Å². The van der Waals surface area contributed by atoms with E-state index in [1.165, 1.54) is 0 Å². The first kappa shape index (κ1) is 9.52. The Morgan fingerprint density at radius 3 is 2.53 bits per heavy atom. The van der Waals surface area contributed by atoms with Crippen LogP contribution in [-0.4, -0.2) is 17.9 Å². The summed E-state index contributed by atoms with van der Waals surface area (Å²) in [7, 11) is 1.62. The molecule has 2 N–H and O–H groups in total. The normalized spacial score (nSPS) is 9.93. The molecule has 0 aliphatic carbocycles. The minimum absolute atomic E-state index is 0.0998. The van der Waals surface area contributed by atoms with Crippen molar-refractivity contribution in [2.45, 2.75) is 0 Å². The van der Waals surface area contributed by atoms with Crippen LogP contribution >= 0.6 is 0 Å². The number of carbonyl (C=O) groups is 1. The maximum Gasteiger partial charge on any atom is 0.267 e. The van der Waals surface area contributed by atoms with E-state index in [9.17, 15) is 4.79 Å². The molecule has 0 aliphatic rings. The van der Waals surface area contributed by atoms with Crippen molar-refractivity contribution in [2.24, 2.45) is 0 Å². The molecular formula is C12H12N2O. The van der Waals surface area contributed by atoms with Gasteiger partial charge in [0.15, 0.2) is 0 Å². The number of rotatable bonds is 2. The summed E-state index contributed by atoms with van der Waals surface area (Å²) in [5, 5.41) is 2.58. The topological polar surface area (TPSA) is 44.9 Å². The molecule has 0 saturated heterocycles. The second-order valence-electron chi connectivity index (χ2n) is 3.23. The standard InChI is InChI=1S/C12H12N2O/c1-13-12(15)11-8-7-10(14-11)9-5-3-2-4-6-9/h2-8,14H,1H3,(H,13,15). The summed E-state index contributed by atoms with van der Waals surface area (Å²) in [5.74, 6) is -0.0998. The lowest BCUT2D eigenvalue weighted by molar-refractivity contribution is 0.0959. The van der Waals surface area contributed by atoms with Crippen LogP contribution in [0.15, 0.2) is 42.5 Å². The molecule has 0 aliphatic heterocycles. The van der Waals surface area contributed by atoms with Gasteiger partial charge in [-0.1, -0.05) is 30.3 Å². The molecule has 1 heterocycles. The van der Waals surface area contributed by atoms with Crippen LogP contribution in [-0.2, 0) is 0 Å². The van der Waals surface area contributed by atoms with Gasteiger partial charge in [-0.25, -0.2) is 0 Å². The summed E-state index contributed by atoms with van der Waals surface area (Å²) in [6, 6.07) is 13.6. The zero-order chi connectivity index (χ0) is 10.7. The van der Waals surface area contributed by atoms with Crippen LogP contribution in [0.25, 0.3) is 11.3 Å². The first-order valence-corrected chi connectivity index (χ1v) is 4.78. The molecule has 15 heavy (non-hydrogen) atoms. The molecule has 0 fully saturated rings. The van der Waals surface area contributed by atoms with Gasteiger partial charge in [0.25, 0.3) is 5.91 Å². The molecule has 76 valence electrons. The smallest absolute Gasteiger partial charge is 0.267 e. The molecule has 0 saturated carbocycles. The van der Waals surface area contributed by atoms with E-state index in [0.717, 1.165) is 11.3 Å². The Kier molecular flexibility index (Phi) is 2.54. The van der Waals surface area contributed by atoms with Gasteiger partial charge in [0.05, 0.1) is 0 Å². The van der Waals surface area contributed by atoms with Crippen LogP contribution in [0.3, 0.4) is 0 Å². The van der Waals surface area contributed by atoms with Gasteiger partial charge in [-0.3, -0.25) is 4.79 Å². The average molecular weight is 200 g/mol. The van der Waals surface area contributed by atoms with Gasteiger partial charge < -0.3 is 10.3 Å². The number of aromatic amines is 1. The van der Waals surface area contributed by atoms with Crippen molar-refractivity contribution in [2.75, 3.05) is 7.05 Å². The second kappa shape index (κ2) is 4.00. The third-order valence-electron chi connectivity index (χ3n) is 2.24. The van der Waals surface area contributed by atoms with Crippen molar-refractivity contribution < 1.29 is 4.79 Å². The van der Waals surface area contributed by atoms with Crippen LogP contribution in [0.5, 0.6) is 0 Å². The highest BCUT2D eigenvalue weighted by Gasteiger charge is 2.06. The fourth-order valence-electron chi connectivity index (χ4n) is 1.45. The Morgan fingerprint density at radius 1 is 1.13 bits per heavy atom. The van der Waals surface area contributed by atoms with Gasteiger partial charge in [0, 0.05) is 12.7 Å². The summed E-state index contributed by atoms with van der Waals surface area (Å²) >= 11 is 0. The van der Waals surface area contributed by atoms with Crippen molar-refractivity contribution >= 4 is 5.91 Å². The quantitative estimate of drug-likeness (QED) is 0.765. The highest BCUT2D eigenvalue weighted by atomic mass is 16.1. The Hall–Kier alpha value is -2.03. The summed E-state index contributed by atoms with van der Waals surface area (Å²) in [5.41, 5.74) is 2.61. The van der Waals surface area contributed by atoms with E-state index >= 15 is 0 Å². The third kappa shape index (κ3) is 1.91. The Labute approximate surface area is 88.1 Å². The van der Waals surface area contributed by atoms with Gasteiger partial charge in [-0.15, -0.1) is 0 Å². The van der Waals surface area contributed by atoms with Gasteiger partial charge in [0.1, 0.15) is 5.69 Å². The second-order valence-corrected chi connectivity index (χ2v) is 3.23. The number of carbonyl (C=O) groups excluding carboxylic acids is 1. The summed E-state index contributed by atoms with van der Waals surface area (Å²) in [6.07, 6.45) is 0. The summed E-state index contributed by atoms with van der Waals surface area (Å²) in [4.78, 5) is 14.4. The van der Waals surface area contributed by atoms with Crippen LogP contribution in [0.2, 0.25) is 0 Å². The third-order valence-corrected chi connectivity index (χ3v) is 2.24. The fraction of sp³-hybridized carbons (Fsp3) is 0.0833. The molecule has 0 spiro atoms. The van der Waals surface area contributed by atoms with E-state index in [-0.39, 0.29) is 5.91 Å². The molecule has 1 aromatic carbocycles. The summed E-state index contributed by atoms with van der Waals surface area (Å²) in [6.45, 7) is 0. The summed E-state index contributed by atoms with van der Waals surface area (Å²) < 4.78 is 0. The predicted molar refractivity (Wildman–Crippen MR) is 59.6 cm³/mol. The van der Waals surface area contributed by atoms with Crippen molar-refractivity contribution in [3.63, 3.8) is 0 Å².